The van der Waals surface area contributed by atoms with Gasteiger partial charge in [0.15, 0.2) is 0 Å². The van der Waals surface area contributed by atoms with Gasteiger partial charge >= 0.3 is 0 Å². The molecule has 0 spiro atoms. The Morgan fingerprint density at radius 3 is 2.53 bits per heavy atom. The van der Waals surface area contributed by atoms with Crippen LogP contribution in [-0.4, -0.2) is 48.6 Å². The van der Waals surface area contributed by atoms with Crippen LogP contribution >= 0.6 is 0 Å². The molecule has 0 aromatic rings. The van der Waals surface area contributed by atoms with E-state index in [-0.39, 0.29) is 23.3 Å². The summed E-state index contributed by atoms with van der Waals surface area (Å²) in [6.07, 6.45) is 1.10. The molecule has 1 N–H and O–H groups in total. The first-order chi connectivity index (χ1) is 8.85. The van der Waals surface area contributed by atoms with Crippen LogP contribution in [0.1, 0.15) is 40.5 Å². The first-order valence-corrected chi connectivity index (χ1v) is 7.02. The molecule has 1 rings (SSSR count). The summed E-state index contributed by atoms with van der Waals surface area (Å²) in [5.41, 5.74) is 0.0819. The van der Waals surface area contributed by atoms with Crippen molar-refractivity contribution in [3.05, 3.63) is 0 Å². The summed E-state index contributed by atoms with van der Waals surface area (Å²) < 4.78 is 5.45. The Morgan fingerprint density at radius 1 is 1.32 bits per heavy atom. The standard InChI is InChI=1S/C14H26N2O3/c1-5-11-10-12(17)16(13(11)18)7-9-19-8-6-15-14(2,3)4/h11,15H,5-10H2,1-4H3. The maximum atomic E-state index is 11.8. The quantitative estimate of drug-likeness (QED) is 0.557. The van der Waals surface area contributed by atoms with Crippen LogP contribution in [-0.2, 0) is 14.3 Å². The number of carbonyl (C=O) groups excluding carboxylic acids is 2. The smallest absolute Gasteiger partial charge is 0.232 e. The van der Waals surface area contributed by atoms with E-state index in [0.29, 0.717) is 26.2 Å². The number of ether oxygens (including phenoxy) is 1. The van der Waals surface area contributed by atoms with E-state index in [1.807, 2.05) is 6.92 Å². The lowest BCUT2D eigenvalue weighted by molar-refractivity contribution is -0.140. The molecule has 1 fully saturated rings. The molecule has 0 bridgehead atoms. The second-order valence-corrected chi connectivity index (χ2v) is 5.98. The Bertz CT molecular complexity index is 323. The Morgan fingerprint density at radius 2 is 2.00 bits per heavy atom. The third-order valence-corrected chi connectivity index (χ3v) is 3.19. The van der Waals surface area contributed by atoms with Crippen LogP contribution in [0.2, 0.25) is 0 Å². The monoisotopic (exact) mass is 270 g/mol. The van der Waals surface area contributed by atoms with Crippen LogP contribution in [0.4, 0.5) is 0 Å². The fourth-order valence-corrected chi connectivity index (χ4v) is 2.06. The number of hydrogen-bond donors (Lipinski definition) is 1. The van der Waals surface area contributed by atoms with Crippen molar-refractivity contribution in [2.75, 3.05) is 26.3 Å². The van der Waals surface area contributed by atoms with E-state index < -0.39 is 0 Å². The molecule has 1 aliphatic heterocycles. The Labute approximate surface area is 115 Å². The van der Waals surface area contributed by atoms with E-state index >= 15 is 0 Å². The maximum Gasteiger partial charge on any atom is 0.232 e. The average molecular weight is 270 g/mol. The third kappa shape index (κ3) is 5.28. The molecule has 0 aromatic heterocycles. The Balaban J connectivity index is 2.16. The summed E-state index contributed by atoms with van der Waals surface area (Å²) in [5, 5.41) is 3.31. The van der Waals surface area contributed by atoms with Crippen LogP contribution in [0.3, 0.4) is 0 Å². The van der Waals surface area contributed by atoms with E-state index in [2.05, 4.69) is 26.1 Å². The van der Waals surface area contributed by atoms with Crippen LogP contribution < -0.4 is 5.32 Å². The number of hydrogen-bond acceptors (Lipinski definition) is 4. The molecule has 2 amide bonds. The van der Waals surface area contributed by atoms with Crippen LogP contribution in [0.15, 0.2) is 0 Å². The molecular formula is C14H26N2O3. The van der Waals surface area contributed by atoms with Gasteiger partial charge in [0, 0.05) is 24.4 Å². The zero-order valence-corrected chi connectivity index (χ0v) is 12.5. The van der Waals surface area contributed by atoms with Crippen LogP contribution in [0.25, 0.3) is 0 Å². The van der Waals surface area contributed by atoms with Crippen molar-refractivity contribution in [1.82, 2.24) is 10.2 Å². The van der Waals surface area contributed by atoms with Gasteiger partial charge in [-0.05, 0) is 27.2 Å². The number of nitrogens with zero attached hydrogens (tertiary/aromatic N) is 1. The van der Waals surface area contributed by atoms with Gasteiger partial charge in [-0.25, -0.2) is 0 Å². The number of likely N-dealkylation sites (tertiary alicyclic amines) is 1. The molecule has 0 radical (unpaired) electrons. The summed E-state index contributed by atoms with van der Waals surface area (Å²) in [6, 6.07) is 0. The molecule has 0 aromatic carbocycles. The van der Waals surface area contributed by atoms with Crippen molar-refractivity contribution in [2.24, 2.45) is 5.92 Å². The van der Waals surface area contributed by atoms with Crippen molar-refractivity contribution in [3.8, 4) is 0 Å². The van der Waals surface area contributed by atoms with Gasteiger partial charge in [0.2, 0.25) is 11.8 Å². The van der Waals surface area contributed by atoms with Gasteiger partial charge < -0.3 is 10.1 Å². The molecule has 0 aliphatic carbocycles. The number of imide groups is 1. The highest BCUT2D eigenvalue weighted by atomic mass is 16.5. The Kier molecular flexibility index (Phi) is 5.94. The molecule has 1 saturated heterocycles. The zero-order chi connectivity index (χ0) is 14.5. The minimum Gasteiger partial charge on any atom is -0.378 e. The molecule has 0 saturated carbocycles. The first-order valence-electron chi connectivity index (χ1n) is 7.02. The summed E-state index contributed by atoms with van der Waals surface area (Å²) in [4.78, 5) is 24.8. The number of amides is 2. The number of carbonyl (C=O) groups is 2. The van der Waals surface area contributed by atoms with Gasteiger partial charge in [0.25, 0.3) is 0 Å². The highest BCUT2D eigenvalue weighted by Gasteiger charge is 2.36. The molecule has 5 heteroatoms. The number of nitrogens with one attached hydrogen (secondary N) is 1. The van der Waals surface area contributed by atoms with Gasteiger partial charge in [0.05, 0.1) is 19.8 Å². The van der Waals surface area contributed by atoms with Crippen molar-refractivity contribution in [1.29, 1.82) is 0 Å². The van der Waals surface area contributed by atoms with Crippen molar-refractivity contribution < 1.29 is 14.3 Å². The van der Waals surface area contributed by atoms with Crippen LogP contribution in [0.5, 0.6) is 0 Å². The summed E-state index contributed by atoms with van der Waals surface area (Å²) in [6.45, 7) is 10.4. The predicted octanol–water partition coefficient (Wildman–Crippen LogP) is 1.18. The summed E-state index contributed by atoms with van der Waals surface area (Å²) >= 11 is 0. The molecule has 19 heavy (non-hydrogen) atoms. The molecular weight excluding hydrogens is 244 g/mol. The molecule has 1 aliphatic rings. The second-order valence-electron chi connectivity index (χ2n) is 5.98. The van der Waals surface area contributed by atoms with Gasteiger partial charge in [-0.15, -0.1) is 0 Å². The van der Waals surface area contributed by atoms with E-state index in [1.165, 1.54) is 4.90 Å². The molecule has 1 heterocycles. The largest absolute Gasteiger partial charge is 0.378 e. The van der Waals surface area contributed by atoms with Gasteiger partial charge in [-0.3, -0.25) is 14.5 Å². The molecule has 1 atom stereocenters. The van der Waals surface area contributed by atoms with Crippen molar-refractivity contribution >= 4 is 11.8 Å². The fraction of sp³-hybridized carbons (Fsp3) is 0.857. The van der Waals surface area contributed by atoms with Crippen LogP contribution in [0, 0.1) is 5.92 Å². The number of rotatable bonds is 7. The molecule has 5 nitrogen and oxygen atoms in total. The summed E-state index contributed by atoms with van der Waals surface area (Å²) in [5.74, 6) is -0.216. The van der Waals surface area contributed by atoms with Crippen molar-refractivity contribution in [2.45, 2.75) is 46.1 Å². The Hall–Kier alpha value is -0.940. The minimum absolute atomic E-state index is 0.0380. The van der Waals surface area contributed by atoms with Gasteiger partial charge in [-0.1, -0.05) is 6.92 Å². The zero-order valence-electron chi connectivity index (χ0n) is 12.5. The van der Waals surface area contributed by atoms with E-state index in [4.69, 9.17) is 4.74 Å². The van der Waals surface area contributed by atoms with Crippen molar-refractivity contribution in [3.63, 3.8) is 0 Å². The lowest BCUT2D eigenvalue weighted by Crippen LogP contribution is -2.38. The highest BCUT2D eigenvalue weighted by molar-refractivity contribution is 6.03. The maximum absolute atomic E-state index is 11.8. The molecule has 110 valence electrons. The fourth-order valence-electron chi connectivity index (χ4n) is 2.06. The van der Waals surface area contributed by atoms with E-state index in [1.54, 1.807) is 0 Å². The van der Waals surface area contributed by atoms with Gasteiger partial charge in [0.1, 0.15) is 0 Å². The second kappa shape index (κ2) is 7.01. The lowest BCUT2D eigenvalue weighted by Gasteiger charge is -2.20. The topological polar surface area (TPSA) is 58.6 Å². The minimum atomic E-state index is -0.116. The highest BCUT2D eigenvalue weighted by Crippen LogP contribution is 2.21. The normalized spacial score (nSPS) is 20.4. The SMILES string of the molecule is CCC1CC(=O)N(CCOCCNC(C)(C)C)C1=O. The predicted molar refractivity (Wildman–Crippen MR) is 73.7 cm³/mol. The molecule has 1 unspecified atom stereocenters. The van der Waals surface area contributed by atoms with E-state index in [9.17, 15) is 9.59 Å². The van der Waals surface area contributed by atoms with E-state index in [0.717, 1.165) is 13.0 Å². The summed E-state index contributed by atoms with van der Waals surface area (Å²) in [7, 11) is 0. The average Bonchev–Trinajstić information content (AvgIpc) is 2.58. The van der Waals surface area contributed by atoms with Gasteiger partial charge in [-0.2, -0.15) is 0 Å². The first kappa shape index (κ1) is 16.1. The third-order valence-electron chi connectivity index (χ3n) is 3.19. The lowest BCUT2D eigenvalue weighted by atomic mass is 10.1.